The average molecular weight is 358 g/mol. The van der Waals surface area contributed by atoms with Crippen molar-refractivity contribution in [3.8, 4) is 0 Å². The second-order valence-electron chi connectivity index (χ2n) is 6.62. The molecule has 134 valence electrons. The molecular weight excluding hydrogens is 341 g/mol. The highest BCUT2D eigenvalue weighted by atomic mass is 19.4. The second-order valence-corrected chi connectivity index (χ2v) is 6.62. The van der Waals surface area contributed by atoms with Crippen molar-refractivity contribution in [2.24, 2.45) is 0 Å². The number of alkyl halides is 3. The molecule has 1 unspecified atom stereocenters. The van der Waals surface area contributed by atoms with E-state index in [0.717, 1.165) is 35.2 Å². The van der Waals surface area contributed by atoms with Crippen molar-refractivity contribution in [1.82, 2.24) is 9.88 Å². The predicted molar refractivity (Wildman–Crippen MR) is 93.0 cm³/mol. The minimum Gasteiger partial charge on any atom is -0.358 e. The third-order valence-corrected chi connectivity index (χ3v) is 4.93. The van der Waals surface area contributed by atoms with Gasteiger partial charge in [0, 0.05) is 35.8 Å². The Bertz CT molecular complexity index is 911. The average Bonchev–Trinajstić information content (AvgIpc) is 3.27. The molecule has 1 saturated heterocycles. The second kappa shape index (κ2) is 6.20. The fourth-order valence-electron chi connectivity index (χ4n) is 3.50. The highest BCUT2D eigenvalue weighted by Gasteiger charge is 2.32. The van der Waals surface area contributed by atoms with Crippen molar-refractivity contribution >= 4 is 16.8 Å². The number of aromatic nitrogens is 1. The summed E-state index contributed by atoms with van der Waals surface area (Å²) in [5.41, 5.74) is 1.70. The zero-order valence-electron chi connectivity index (χ0n) is 13.9. The molecule has 2 aromatic carbocycles. The first-order chi connectivity index (χ1) is 12.4. The van der Waals surface area contributed by atoms with Gasteiger partial charge in [-0.3, -0.25) is 4.79 Å². The number of nitrogens with zero attached hydrogens (tertiary/aromatic N) is 1. The molecule has 1 amide bonds. The first-order valence-electron chi connectivity index (χ1n) is 8.46. The van der Waals surface area contributed by atoms with E-state index in [1.54, 1.807) is 4.90 Å². The normalized spacial score (nSPS) is 17.8. The van der Waals surface area contributed by atoms with Gasteiger partial charge in [-0.1, -0.05) is 18.2 Å². The van der Waals surface area contributed by atoms with Crippen LogP contribution in [0.2, 0.25) is 0 Å². The number of carbonyl (C=O) groups excluding carboxylic acids is 1. The summed E-state index contributed by atoms with van der Waals surface area (Å²) < 4.78 is 37.9. The molecule has 3 aromatic rings. The van der Waals surface area contributed by atoms with Gasteiger partial charge in [0.15, 0.2) is 0 Å². The van der Waals surface area contributed by atoms with E-state index < -0.39 is 11.7 Å². The van der Waals surface area contributed by atoms with Gasteiger partial charge in [0.25, 0.3) is 5.91 Å². The van der Waals surface area contributed by atoms with Crippen LogP contribution in [0.5, 0.6) is 0 Å². The summed E-state index contributed by atoms with van der Waals surface area (Å²) in [6, 6.07) is 14.5. The molecule has 0 spiro atoms. The molecular formula is C20H17F3N2O. The van der Waals surface area contributed by atoms with Crippen molar-refractivity contribution in [2.45, 2.75) is 18.5 Å². The van der Waals surface area contributed by atoms with Crippen LogP contribution in [0.25, 0.3) is 10.9 Å². The van der Waals surface area contributed by atoms with Crippen LogP contribution in [0.1, 0.15) is 34.0 Å². The quantitative estimate of drug-likeness (QED) is 0.701. The molecule has 4 rings (SSSR count). The molecule has 1 fully saturated rings. The van der Waals surface area contributed by atoms with E-state index in [4.69, 9.17) is 0 Å². The van der Waals surface area contributed by atoms with Gasteiger partial charge < -0.3 is 9.88 Å². The van der Waals surface area contributed by atoms with Gasteiger partial charge in [0.2, 0.25) is 0 Å². The van der Waals surface area contributed by atoms with Crippen LogP contribution in [-0.4, -0.2) is 28.9 Å². The maximum atomic E-state index is 12.6. The van der Waals surface area contributed by atoms with Crippen molar-refractivity contribution in [3.05, 3.63) is 71.4 Å². The maximum Gasteiger partial charge on any atom is 0.416 e. The molecule has 0 bridgehead atoms. The highest BCUT2D eigenvalue weighted by molar-refractivity contribution is 5.94. The predicted octanol–water partition coefficient (Wildman–Crippen LogP) is 4.82. The van der Waals surface area contributed by atoms with Crippen LogP contribution < -0.4 is 0 Å². The topological polar surface area (TPSA) is 36.1 Å². The van der Waals surface area contributed by atoms with Crippen LogP contribution in [0, 0.1) is 0 Å². The van der Waals surface area contributed by atoms with Crippen molar-refractivity contribution in [2.75, 3.05) is 13.1 Å². The molecule has 0 saturated carbocycles. The number of para-hydroxylation sites is 1. The number of amides is 1. The summed E-state index contributed by atoms with van der Waals surface area (Å²) in [4.78, 5) is 17.7. The molecule has 0 radical (unpaired) electrons. The Morgan fingerprint density at radius 2 is 1.81 bits per heavy atom. The van der Waals surface area contributed by atoms with Gasteiger partial charge in [-0.05, 0) is 48.2 Å². The fraction of sp³-hybridized carbons (Fsp3) is 0.250. The number of rotatable bonds is 2. The van der Waals surface area contributed by atoms with E-state index in [9.17, 15) is 18.0 Å². The molecule has 1 aromatic heterocycles. The Balaban J connectivity index is 1.48. The van der Waals surface area contributed by atoms with Gasteiger partial charge in [-0.2, -0.15) is 13.2 Å². The number of carbonyl (C=O) groups is 1. The Labute approximate surface area is 148 Å². The van der Waals surface area contributed by atoms with E-state index in [2.05, 4.69) is 11.1 Å². The van der Waals surface area contributed by atoms with Crippen LogP contribution in [-0.2, 0) is 6.18 Å². The fourth-order valence-corrected chi connectivity index (χ4v) is 3.50. The lowest BCUT2D eigenvalue weighted by molar-refractivity contribution is -0.137. The number of likely N-dealkylation sites (tertiary alicyclic amines) is 1. The zero-order valence-corrected chi connectivity index (χ0v) is 13.9. The van der Waals surface area contributed by atoms with E-state index in [1.165, 1.54) is 12.1 Å². The van der Waals surface area contributed by atoms with Gasteiger partial charge >= 0.3 is 6.18 Å². The van der Waals surface area contributed by atoms with Crippen molar-refractivity contribution in [3.63, 3.8) is 0 Å². The van der Waals surface area contributed by atoms with Gasteiger partial charge in [-0.25, -0.2) is 0 Å². The number of hydrogen-bond donors (Lipinski definition) is 1. The van der Waals surface area contributed by atoms with E-state index in [-0.39, 0.29) is 17.4 Å². The molecule has 1 aliphatic heterocycles. The highest BCUT2D eigenvalue weighted by Crippen LogP contribution is 2.31. The lowest BCUT2D eigenvalue weighted by Gasteiger charge is -2.17. The minimum atomic E-state index is -4.39. The molecule has 1 atom stereocenters. The maximum absolute atomic E-state index is 12.6. The summed E-state index contributed by atoms with van der Waals surface area (Å²) in [5.74, 6) is -0.0156. The van der Waals surface area contributed by atoms with E-state index in [0.29, 0.717) is 13.1 Å². The third kappa shape index (κ3) is 3.07. The first-order valence-corrected chi connectivity index (χ1v) is 8.46. The third-order valence-electron chi connectivity index (χ3n) is 4.93. The molecule has 2 heterocycles. The summed E-state index contributed by atoms with van der Waals surface area (Å²) in [6.45, 7) is 1.16. The lowest BCUT2D eigenvalue weighted by atomic mass is 10.1. The van der Waals surface area contributed by atoms with Gasteiger partial charge in [0.1, 0.15) is 0 Å². The first kappa shape index (κ1) is 16.7. The summed E-state index contributed by atoms with van der Waals surface area (Å²) in [5, 5.41) is 1.13. The lowest BCUT2D eigenvalue weighted by Crippen LogP contribution is -2.28. The molecule has 26 heavy (non-hydrogen) atoms. The molecule has 0 aliphatic carbocycles. The van der Waals surface area contributed by atoms with Crippen LogP contribution in [0.15, 0.2) is 54.6 Å². The standard InChI is InChI=1S/C20H17F3N2O/c21-20(22,23)16-7-5-13(6-8-16)19(26)25-10-9-15(12-25)18-11-14-3-1-2-4-17(14)24-18/h1-8,11,15,24H,9-10,12H2. The van der Waals surface area contributed by atoms with Crippen LogP contribution in [0.3, 0.4) is 0 Å². The number of halogens is 3. The van der Waals surface area contributed by atoms with Gasteiger partial charge in [-0.15, -0.1) is 0 Å². The molecule has 6 heteroatoms. The largest absolute Gasteiger partial charge is 0.416 e. The van der Waals surface area contributed by atoms with E-state index in [1.807, 2.05) is 24.3 Å². The Hall–Kier alpha value is -2.76. The smallest absolute Gasteiger partial charge is 0.358 e. The van der Waals surface area contributed by atoms with E-state index >= 15 is 0 Å². The summed E-state index contributed by atoms with van der Waals surface area (Å²) in [7, 11) is 0. The number of hydrogen-bond acceptors (Lipinski definition) is 1. The number of aromatic amines is 1. The van der Waals surface area contributed by atoms with Crippen LogP contribution in [0.4, 0.5) is 13.2 Å². The zero-order chi connectivity index (χ0) is 18.3. The van der Waals surface area contributed by atoms with Crippen molar-refractivity contribution in [1.29, 1.82) is 0 Å². The number of H-pyrrole nitrogens is 1. The number of nitrogens with one attached hydrogen (secondary N) is 1. The SMILES string of the molecule is O=C(c1ccc(C(F)(F)F)cc1)N1CCC(c2cc3ccccc3[nH]2)C1. The Morgan fingerprint density at radius 1 is 1.08 bits per heavy atom. The monoisotopic (exact) mass is 358 g/mol. The Kier molecular flexibility index (Phi) is 3.98. The Morgan fingerprint density at radius 3 is 2.50 bits per heavy atom. The van der Waals surface area contributed by atoms with Crippen molar-refractivity contribution < 1.29 is 18.0 Å². The number of benzene rings is 2. The van der Waals surface area contributed by atoms with Crippen LogP contribution >= 0.6 is 0 Å². The molecule has 1 aliphatic rings. The summed E-state index contributed by atoms with van der Waals surface area (Å²) in [6.07, 6.45) is -3.56. The molecule has 1 N–H and O–H groups in total. The molecule has 3 nitrogen and oxygen atoms in total. The van der Waals surface area contributed by atoms with Gasteiger partial charge in [0.05, 0.1) is 5.56 Å². The minimum absolute atomic E-state index is 0.209. The summed E-state index contributed by atoms with van der Waals surface area (Å²) >= 11 is 0. The number of fused-ring (bicyclic) bond motifs is 1.